The average molecular weight is 440 g/mol. The molecule has 1 atom stereocenters. The number of carbonyl (C=O) groups is 2. The van der Waals surface area contributed by atoms with Crippen molar-refractivity contribution in [3.8, 4) is 6.07 Å². The van der Waals surface area contributed by atoms with E-state index in [0.717, 1.165) is 5.56 Å². The van der Waals surface area contributed by atoms with Crippen molar-refractivity contribution in [2.75, 3.05) is 6.54 Å². The summed E-state index contributed by atoms with van der Waals surface area (Å²) in [6, 6.07) is 14.5. The van der Waals surface area contributed by atoms with Crippen LogP contribution in [0.5, 0.6) is 0 Å². The summed E-state index contributed by atoms with van der Waals surface area (Å²) in [5, 5.41) is 8.98. The molecule has 0 saturated carbocycles. The first-order chi connectivity index (χ1) is 14.4. The van der Waals surface area contributed by atoms with Gasteiger partial charge in [0.15, 0.2) is 0 Å². The standard InChI is InChI=1S/C23H25N3O4S/c1-22(2,3)18-10-8-17(9-11-18)20(27)26-13-12-23(26,4)21(28)25-31(29,30)19-7-5-6-16(14-19)15-24/h5-11,14H,12-13H2,1-4H3,(H,25,28). The molecule has 0 spiro atoms. The van der Waals surface area contributed by atoms with Gasteiger partial charge in [0, 0.05) is 12.1 Å². The van der Waals surface area contributed by atoms with Crippen LogP contribution in [0.3, 0.4) is 0 Å². The Morgan fingerprint density at radius 3 is 2.29 bits per heavy atom. The number of nitrogens with zero attached hydrogens (tertiary/aromatic N) is 2. The van der Waals surface area contributed by atoms with Gasteiger partial charge in [0.05, 0.1) is 16.5 Å². The summed E-state index contributed by atoms with van der Waals surface area (Å²) in [7, 11) is -4.18. The molecule has 1 unspecified atom stereocenters. The molecular formula is C23H25N3O4S. The maximum atomic E-state index is 13.0. The lowest BCUT2D eigenvalue weighted by Gasteiger charge is -2.48. The Kier molecular flexibility index (Phi) is 5.68. The molecule has 0 bridgehead atoms. The number of rotatable bonds is 4. The summed E-state index contributed by atoms with van der Waals surface area (Å²) in [5.74, 6) is -1.10. The van der Waals surface area contributed by atoms with Crippen LogP contribution in [0.2, 0.25) is 0 Å². The Morgan fingerprint density at radius 2 is 1.77 bits per heavy atom. The van der Waals surface area contributed by atoms with E-state index in [-0.39, 0.29) is 21.8 Å². The van der Waals surface area contributed by atoms with E-state index in [4.69, 9.17) is 5.26 Å². The second-order valence-electron chi connectivity index (χ2n) is 8.88. The van der Waals surface area contributed by atoms with Crippen molar-refractivity contribution in [3.05, 3.63) is 65.2 Å². The van der Waals surface area contributed by atoms with E-state index in [1.54, 1.807) is 19.1 Å². The number of hydrogen-bond donors (Lipinski definition) is 1. The lowest BCUT2D eigenvalue weighted by atomic mass is 9.84. The van der Waals surface area contributed by atoms with E-state index in [0.29, 0.717) is 18.5 Å². The molecule has 1 heterocycles. The van der Waals surface area contributed by atoms with E-state index in [1.165, 1.54) is 29.2 Å². The summed E-state index contributed by atoms with van der Waals surface area (Å²) in [6.45, 7) is 8.14. The molecule has 2 aromatic carbocycles. The van der Waals surface area contributed by atoms with E-state index >= 15 is 0 Å². The smallest absolute Gasteiger partial charge is 0.264 e. The zero-order valence-corrected chi connectivity index (χ0v) is 18.8. The number of sulfonamides is 1. The predicted molar refractivity (Wildman–Crippen MR) is 116 cm³/mol. The van der Waals surface area contributed by atoms with Crippen molar-refractivity contribution in [1.29, 1.82) is 5.26 Å². The molecule has 1 saturated heterocycles. The Bertz CT molecular complexity index is 1170. The van der Waals surface area contributed by atoms with Crippen LogP contribution >= 0.6 is 0 Å². The van der Waals surface area contributed by atoms with Gasteiger partial charge in [0.1, 0.15) is 5.54 Å². The Labute approximate surface area is 182 Å². The molecule has 1 aliphatic heterocycles. The van der Waals surface area contributed by atoms with E-state index in [2.05, 4.69) is 25.5 Å². The highest BCUT2D eigenvalue weighted by molar-refractivity contribution is 7.90. The van der Waals surface area contributed by atoms with Gasteiger partial charge in [-0.3, -0.25) is 9.59 Å². The van der Waals surface area contributed by atoms with Gasteiger partial charge in [-0.1, -0.05) is 39.0 Å². The lowest BCUT2D eigenvalue weighted by molar-refractivity contribution is -0.135. The van der Waals surface area contributed by atoms with Crippen molar-refractivity contribution in [2.45, 2.75) is 50.0 Å². The molecule has 3 rings (SSSR count). The zero-order valence-electron chi connectivity index (χ0n) is 18.0. The van der Waals surface area contributed by atoms with Crippen LogP contribution in [0.15, 0.2) is 53.4 Å². The fourth-order valence-corrected chi connectivity index (χ4v) is 4.53. The Balaban J connectivity index is 1.78. The third-order valence-electron chi connectivity index (χ3n) is 5.65. The van der Waals surface area contributed by atoms with Gasteiger partial charge in [-0.25, -0.2) is 13.1 Å². The van der Waals surface area contributed by atoms with Gasteiger partial charge in [-0.15, -0.1) is 0 Å². The van der Waals surface area contributed by atoms with E-state index in [1.807, 2.05) is 18.2 Å². The van der Waals surface area contributed by atoms with Gasteiger partial charge in [-0.05, 0) is 54.7 Å². The molecule has 2 aromatic rings. The Morgan fingerprint density at radius 1 is 1.13 bits per heavy atom. The monoisotopic (exact) mass is 439 g/mol. The van der Waals surface area contributed by atoms with Crippen LogP contribution in [0.4, 0.5) is 0 Å². The summed E-state index contributed by atoms with van der Waals surface area (Å²) in [4.78, 5) is 27.1. The summed E-state index contributed by atoms with van der Waals surface area (Å²) in [5.41, 5.74) is 0.361. The minimum Gasteiger partial charge on any atom is -0.324 e. The van der Waals surface area contributed by atoms with Crippen LogP contribution in [-0.2, 0) is 20.2 Å². The van der Waals surface area contributed by atoms with Crippen LogP contribution in [-0.4, -0.2) is 37.2 Å². The molecule has 0 aliphatic carbocycles. The first kappa shape index (κ1) is 22.5. The molecular weight excluding hydrogens is 414 g/mol. The van der Waals surface area contributed by atoms with Crippen molar-refractivity contribution >= 4 is 21.8 Å². The number of likely N-dealkylation sites (tertiary alicyclic amines) is 1. The summed E-state index contributed by atoms with van der Waals surface area (Å²) >= 11 is 0. The van der Waals surface area contributed by atoms with Gasteiger partial charge < -0.3 is 4.90 Å². The molecule has 7 nitrogen and oxygen atoms in total. The lowest BCUT2D eigenvalue weighted by Crippen LogP contribution is -2.67. The maximum Gasteiger partial charge on any atom is 0.264 e. The van der Waals surface area contributed by atoms with Crippen LogP contribution in [0.25, 0.3) is 0 Å². The molecule has 162 valence electrons. The largest absolute Gasteiger partial charge is 0.324 e. The number of amides is 2. The fraction of sp³-hybridized carbons (Fsp3) is 0.348. The second-order valence-corrected chi connectivity index (χ2v) is 10.6. The minimum absolute atomic E-state index is 0.0516. The van der Waals surface area contributed by atoms with Gasteiger partial charge >= 0.3 is 0 Å². The maximum absolute atomic E-state index is 13.0. The first-order valence-corrected chi connectivity index (χ1v) is 11.4. The molecule has 1 aliphatic rings. The Hall–Kier alpha value is -3.18. The van der Waals surface area contributed by atoms with Crippen LogP contribution in [0, 0.1) is 11.3 Å². The normalized spacial score (nSPS) is 18.6. The van der Waals surface area contributed by atoms with Gasteiger partial charge in [-0.2, -0.15) is 5.26 Å². The predicted octanol–water partition coefficient (Wildman–Crippen LogP) is 2.97. The highest BCUT2D eigenvalue weighted by atomic mass is 32.2. The van der Waals surface area contributed by atoms with Crippen LogP contribution < -0.4 is 4.72 Å². The fourth-order valence-electron chi connectivity index (χ4n) is 3.41. The SMILES string of the molecule is CC(C)(C)c1ccc(C(=O)N2CCC2(C)C(=O)NS(=O)(=O)c2cccc(C#N)c2)cc1. The van der Waals surface area contributed by atoms with E-state index < -0.39 is 21.5 Å². The van der Waals surface area contributed by atoms with Crippen molar-refractivity contribution in [2.24, 2.45) is 0 Å². The second kappa shape index (κ2) is 7.82. The molecule has 1 N–H and O–H groups in total. The number of nitrogens with one attached hydrogen (secondary N) is 1. The summed E-state index contributed by atoms with van der Waals surface area (Å²) < 4.78 is 27.3. The summed E-state index contributed by atoms with van der Waals surface area (Å²) in [6.07, 6.45) is 0.346. The molecule has 1 fully saturated rings. The zero-order chi connectivity index (χ0) is 23.0. The van der Waals surface area contributed by atoms with Crippen LogP contribution in [0.1, 0.15) is 55.6 Å². The number of benzene rings is 2. The molecule has 8 heteroatoms. The van der Waals surface area contributed by atoms with Gasteiger partial charge in [0.25, 0.3) is 21.8 Å². The molecule has 0 radical (unpaired) electrons. The van der Waals surface area contributed by atoms with Gasteiger partial charge in [0.2, 0.25) is 0 Å². The molecule has 31 heavy (non-hydrogen) atoms. The number of hydrogen-bond acceptors (Lipinski definition) is 5. The third kappa shape index (κ3) is 4.32. The molecule has 0 aromatic heterocycles. The van der Waals surface area contributed by atoms with Crippen molar-refractivity contribution in [3.63, 3.8) is 0 Å². The topological polar surface area (TPSA) is 107 Å². The highest BCUT2D eigenvalue weighted by Crippen LogP contribution is 2.33. The quantitative estimate of drug-likeness (QED) is 0.788. The van der Waals surface area contributed by atoms with E-state index in [9.17, 15) is 18.0 Å². The average Bonchev–Trinajstić information content (AvgIpc) is 2.71. The minimum atomic E-state index is -4.18. The number of nitriles is 1. The first-order valence-electron chi connectivity index (χ1n) is 9.88. The van der Waals surface area contributed by atoms with Crippen molar-refractivity contribution in [1.82, 2.24) is 9.62 Å². The molecule has 2 amide bonds. The highest BCUT2D eigenvalue weighted by Gasteiger charge is 2.50. The van der Waals surface area contributed by atoms with Crippen molar-refractivity contribution < 1.29 is 18.0 Å². The third-order valence-corrected chi connectivity index (χ3v) is 6.98. The number of carbonyl (C=O) groups excluding carboxylic acids is 2.